The minimum Gasteiger partial charge on any atom is -0.453 e. The van der Waals surface area contributed by atoms with Gasteiger partial charge >= 0.3 is 5.97 Å². The number of ether oxygens (including phenoxy) is 1. The fourth-order valence-electron chi connectivity index (χ4n) is 1.69. The topological polar surface area (TPSA) is 46.5 Å². The summed E-state index contributed by atoms with van der Waals surface area (Å²) in [5, 5.41) is 11.1. The van der Waals surface area contributed by atoms with Crippen LogP contribution in [0.1, 0.15) is 12.5 Å². The van der Waals surface area contributed by atoms with Gasteiger partial charge in [-0.15, -0.1) is 0 Å². The third-order valence-electron chi connectivity index (χ3n) is 2.54. The minimum atomic E-state index is -0.677. The van der Waals surface area contributed by atoms with Crippen molar-refractivity contribution in [2.45, 2.75) is 13.0 Å². The van der Waals surface area contributed by atoms with E-state index < -0.39 is 12.1 Å². The first-order chi connectivity index (χ1) is 9.16. The van der Waals surface area contributed by atoms with E-state index in [1.54, 1.807) is 6.92 Å². The normalized spacial score (nSPS) is 11.5. The zero-order valence-electron chi connectivity index (χ0n) is 10.6. The van der Waals surface area contributed by atoms with Gasteiger partial charge in [0.15, 0.2) is 0 Å². The van der Waals surface area contributed by atoms with Crippen LogP contribution in [-0.2, 0) is 9.53 Å². The zero-order valence-corrected chi connectivity index (χ0v) is 10.6. The van der Waals surface area contributed by atoms with Crippen LogP contribution in [0.3, 0.4) is 0 Å². The van der Waals surface area contributed by atoms with Crippen molar-refractivity contribution in [2.24, 2.45) is 0 Å². The Bertz CT molecular complexity index is 642. The summed E-state index contributed by atoms with van der Waals surface area (Å²) in [6.45, 7) is 1.51. The average Bonchev–Trinajstić information content (AvgIpc) is 2.42. The molecule has 0 aromatic heterocycles. The van der Waals surface area contributed by atoms with E-state index in [0.717, 1.165) is 16.3 Å². The van der Waals surface area contributed by atoms with Crippen molar-refractivity contribution in [1.29, 1.82) is 0 Å². The molecule has 96 valence electrons. The van der Waals surface area contributed by atoms with Crippen molar-refractivity contribution < 1.29 is 14.6 Å². The van der Waals surface area contributed by atoms with Crippen LogP contribution in [0.25, 0.3) is 10.8 Å². The Labute approximate surface area is 111 Å². The molecule has 0 bridgehead atoms. The molecule has 2 rings (SSSR count). The summed E-state index contributed by atoms with van der Waals surface area (Å²) in [6.07, 6.45) is -0.677. The Morgan fingerprint density at radius 2 is 2.00 bits per heavy atom. The standard InChI is InChI=1S/C16H14O3/c1-12(17)11-19-16(18)10-9-14-7-4-6-13-5-2-3-8-15(13)14/h2-8,12,17H,11H2,1H3. The predicted octanol–water partition coefficient (Wildman–Crippen LogP) is 2.12. The van der Waals surface area contributed by atoms with Gasteiger partial charge in [-0.05, 0) is 23.8 Å². The van der Waals surface area contributed by atoms with Crippen LogP contribution in [0.4, 0.5) is 0 Å². The second kappa shape index (κ2) is 6.03. The molecular weight excluding hydrogens is 240 g/mol. The zero-order chi connectivity index (χ0) is 13.7. The first-order valence-electron chi connectivity index (χ1n) is 6.01. The molecule has 1 N–H and O–H groups in total. The smallest absolute Gasteiger partial charge is 0.384 e. The first kappa shape index (κ1) is 13.1. The van der Waals surface area contributed by atoms with Gasteiger partial charge in [0.2, 0.25) is 0 Å². The lowest BCUT2D eigenvalue weighted by Crippen LogP contribution is -2.13. The predicted molar refractivity (Wildman–Crippen MR) is 73.5 cm³/mol. The van der Waals surface area contributed by atoms with Crippen molar-refractivity contribution in [2.75, 3.05) is 6.61 Å². The van der Waals surface area contributed by atoms with Crippen LogP contribution < -0.4 is 0 Å². The molecule has 1 atom stereocenters. The number of rotatable bonds is 2. The Morgan fingerprint density at radius 1 is 1.26 bits per heavy atom. The monoisotopic (exact) mass is 254 g/mol. The minimum absolute atomic E-state index is 0.0386. The molecule has 2 aromatic carbocycles. The molecule has 3 heteroatoms. The van der Waals surface area contributed by atoms with E-state index in [9.17, 15) is 4.79 Å². The molecule has 0 aliphatic heterocycles. The van der Waals surface area contributed by atoms with Crippen molar-refractivity contribution in [3.8, 4) is 11.8 Å². The number of fused-ring (bicyclic) bond motifs is 1. The maximum absolute atomic E-state index is 11.3. The number of hydrogen-bond acceptors (Lipinski definition) is 3. The Morgan fingerprint density at radius 3 is 2.79 bits per heavy atom. The highest BCUT2D eigenvalue weighted by molar-refractivity contribution is 5.92. The van der Waals surface area contributed by atoms with Gasteiger partial charge < -0.3 is 9.84 Å². The van der Waals surface area contributed by atoms with Gasteiger partial charge in [0.1, 0.15) is 6.61 Å². The summed E-state index contributed by atoms with van der Waals surface area (Å²) in [5.74, 6) is 4.60. The second-order valence-electron chi connectivity index (χ2n) is 4.22. The van der Waals surface area contributed by atoms with Crippen LogP contribution in [-0.4, -0.2) is 23.8 Å². The van der Waals surface area contributed by atoms with Gasteiger partial charge in [-0.1, -0.05) is 42.3 Å². The van der Waals surface area contributed by atoms with Gasteiger partial charge in [-0.3, -0.25) is 0 Å². The quantitative estimate of drug-likeness (QED) is 0.659. The molecule has 3 nitrogen and oxygen atoms in total. The molecular formula is C16H14O3. The summed E-state index contributed by atoms with van der Waals surface area (Å²) >= 11 is 0. The number of aliphatic hydroxyl groups excluding tert-OH is 1. The Hall–Kier alpha value is -2.31. The van der Waals surface area contributed by atoms with Crippen LogP contribution >= 0.6 is 0 Å². The van der Waals surface area contributed by atoms with E-state index in [2.05, 4.69) is 11.8 Å². The first-order valence-corrected chi connectivity index (χ1v) is 6.01. The fourth-order valence-corrected chi connectivity index (χ4v) is 1.69. The molecule has 1 unspecified atom stereocenters. The van der Waals surface area contributed by atoms with Crippen LogP contribution in [0.2, 0.25) is 0 Å². The lowest BCUT2D eigenvalue weighted by atomic mass is 10.1. The molecule has 19 heavy (non-hydrogen) atoms. The van der Waals surface area contributed by atoms with E-state index in [0.29, 0.717) is 0 Å². The van der Waals surface area contributed by atoms with Crippen molar-refractivity contribution in [3.05, 3.63) is 48.0 Å². The van der Waals surface area contributed by atoms with E-state index in [-0.39, 0.29) is 6.61 Å². The highest BCUT2D eigenvalue weighted by atomic mass is 16.5. The highest BCUT2D eigenvalue weighted by Gasteiger charge is 2.01. The lowest BCUT2D eigenvalue weighted by molar-refractivity contribution is -0.139. The van der Waals surface area contributed by atoms with E-state index >= 15 is 0 Å². The van der Waals surface area contributed by atoms with E-state index in [4.69, 9.17) is 9.84 Å². The molecule has 0 radical (unpaired) electrons. The molecule has 0 aliphatic carbocycles. The summed E-state index contributed by atoms with van der Waals surface area (Å²) < 4.78 is 4.77. The Kier molecular flexibility index (Phi) is 4.17. The molecule has 0 saturated heterocycles. The van der Waals surface area contributed by atoms with Crippen LogP contribution in [0.5, 0.6) is 0 Å². The van der Waals surface area contributed by atoms with Gasteiger partial charge in [-0.2, -0.15) is 0 Å². The largest absolute Gasteiger partial charge is 0.453 e. The SMILES string of the molecule is CC(O)COC(=O)C#Cc1cccc2ccccc12. The van der Waals surface area contributed by atoms with Gasteiger partial charge in [0, 0.05) is 11.5 Å². The number of benzene rings is 2. The van der Waals surface area contributed by atoms with Crippen molar-refractivity contribution in [1.82, 2.24) is 0 Å². The fraction of sp³-hybridized carbons (Fsp3) is 0.188. The number of hydrogen-bond donors (Lipinski definition) is 1. The third-order valence-corrected chi connectivity index (χ3v) is 2.54. The van der Waals surface area contributed by atoms with E-state index in [1.807, 2.05) is 42.5 Å². The summed E-state index contributed by atoms with van der Waals surface area (Å²) in [7, 11) is 0. The molecule has 0 spiro atoms. The third kappa shape index (κ3) is 3.57. The van der Waals surface area contributed by atoms with Gasteiger partial charge in [-0.25, -0.2) is 4.79 Å². The van der Waals surface area contributed by atoms with E-state index in [1.165, 1.54) is 0 Å². The number of esters is 1. The molecule has 0 heterocycles. The van der Waals surface area contributed by atoms with Crippen LogP contribution in [0, 0.1) is 11.8 Å². The molecule has 0 saturated carbocycles. The van der Waals surface area contributed by atoms with Gasteiger partial charge in [0.25, 0.3) is 0 Å². The number of aliphatic hydroxyl groups is 1. The van der Waals surface area contributed by atoms with Crippen molar-refractivity contribution >= 4 is 16.7 Å². The highest BCUT2D eigenvalue weighted by Crippen LogP contribution is 2.17. The summed E-state index contributed by atoms with van der Waals surface area (Å²) in [4.78, 5) is 11.3. The number of carbonyl (C=O) groups excluding carboxylic acids is 1. The molecule has 0 fully saturated rings. The average molecular weight is 254 g/mol. The maximum atomic E-state index is 11.3. The van der Waals surface area contributed by atoms with Crippen molar-refractivity contribution in [3.63, 3.8) is 0 Å². The molecule has 0 amide bonds. The van der Waals surface area contributed by atoms with Crippen LogP contribution in [0.15, 0.2) is 42.5 Å². The Balaban J connectivity index is 2.20. The molecule has 0 aliphatic rings. The van der Waals surface area contributed by atoms with Gasteiger partial charge in [0.05, 0.1) is 6.10 Å². The lowest BCUT2D eigenvalue weighted by Gasteiger charge is -2.02. The second-order valence-corrected chi connectivity index (χ2v) is 4.22. The number of carbonyl (C=O) groups is 1. The molecule has 2 aromatic rings. The maximum Gasteiger partial charge on any atom is 0.384 e. The summed E-state index contributed by atoms with van der Waals surface area (Å²) in [5.41, 5.74) is 0.784. The summed E-state index contributed by atoms with van der Waals surface area (Å²) in [6, 6.07) is 13.6.